The number of phenolic OH excluding ortho intramolecular Hbond substituents is 1. The fourth-order valence-corrected chi connectivity index (χ4v) is 7.86. The van der Waals surface area contributed by atoms with Crippen molar-refractivity contribution in [3.63, 3.8) is 0 Å². The van der Waals surface area contributed by atoms with Gasteiger partial charge in [-0.2, -0.15) is 0 Å². The summed E-state index contributed by atoms with van der Waals surface area (Å²) in [6.07, 6.45) is 4.78. The van der Waals surface area contributed by atoms with Crippen LogP contribution in [0.3, 0.4) is 0 Å². The number of benzene rings is 4. The normalized spacial score (nSPS) is 21.1. The molecular weight excluding hydrogens is 669 g/mol. The van der Waals surface area contributed by atoms with Gasteiger partial charge in [-0.3, -0.25) is 19.5 Å². The molecule has 3 heterocycles. The van der Waals surface area contributed by atoms with Crippen molar-refractivity contribution in [2.45, 2.75) is 25.4 Å². The Morgan fingerprint density at radius 3 is 2.36 bits per heavy atom. The molecule has 4 atom stereocenters. The van der Waals surface area contributed by atoms with Crippen LogP contribution in [0.2, 0.25) is 0 Å². The van der Waals surface area contributed by atoms with Crippen LogP contribution in [0.4, 0.5) is 21.5 Å². The molecule has 0 spiro atoms. The monoisotopic (exact) mass is 707 g/mol. The number of halogens is 1. The molecule has 53 heavy (non-hydrogen) atoms. The van der Waals surface area contributed by atoms with Crippen molar-refractivity contribution in [2.24, 2.45) is 17.8 Å². The molecule has 1 aromatic heterocycles. The number of anilines is 3. The fraction of sp³-hybridized carbons (Fsp3) is 0.205. The molecule has 0 bridgehead atoms. The Balaban J connectivity index is 1.07. The van der Waals surface area contributed by atoms with E-state index in [1.54, 1.807) is 12.3 Å². The number of rotatable bonds is 11. The van der Waals surface area contributed by atoms with Gasteiger partial charge in [0.25, 0.3) is 0 Å². The van der Waals surface area contributed by atoms with Crippen LogP contribution >= 0.6 is 0 Å². The van der Waals surface area contributed by atoms with Gasteiger partial charge in [0.05, 0.1) is 35.9 Å². The van der Waals surface area contributed by atoms with Crippen LogP contribution in [0.25, 0.3) is 11.6 Å². The van der Waals surface area contributed by atoms with Crippen molar-refractivity contribution in [3.8, 4) is 11.5 Å². The molecular formula is C44H38FN3O5. The van der Waals surface area contributed by atoms with Crippen molar-refractivity contribution in [1.82, 2.24) is 4.98 Å². The Bertz CT molecular complexity index is 2170. The summed E-state index contributed by atoms with van der Waals surface area (Å²) in [4.78, 5) is 34.3. The summed E-state index contributed by atoms with van der Waals surface area (Å²) in [5, 5.41) is 13.1. The SMILES string of the molecule is O=C1[C@@H]2[C@@H](CC(COc3ccccc3)=C3[C@@H](CC/C(=C/c4ccc(O)c(F)c4)c4ccccn4)OC[C@@H]32)C(=O)N1c1ccc(Nc2ccccc2)cc1. The zero-order chi connectivity index (χ0) is 36.3. The van der Waals surface area contributed by atoms with Crippen molar-refractivity contribution < 1.29 is 28.6 Å². The molecule has 2 amide bonds. The van der Waals surface area contributed by atoms with Gasteiger partial charge in [0.2, 0.25) is 11.8 Å². The van der Waals surface area contributed by atoms with Gasteiger partial charge in [0.15, 0.2) is 11.6 Å². The first-order valence-corrected chi connectivity index (χ1v) is 17.8. The lowest BCUT2D eigenvalue weighted by Gasteiger charge is -2.31. The number of amides is 2. The van der Waals surface area contributed by atoms with Crippen LogP contribution in [0.5, 0.6) is 11.5 Å². The molecule has 3 aliphatic rings. The molecule has 0 radical (unpaired) electrons. The maximum absolute atomic E-state index is 14.3. The lowest BCUT2D eigenvalue weighted by molar-refractivity contribution is -0.122. The van der Waals surface area contributed by atoms with E-state index in [1.165, 1.54) is 17.0 Å². The number of aromatic nitrogens is 1. The number of nitrogens with zero attached hydrogens (tertiary/aromatic N) is 2. The average molecular weight is 708 g/mol. The minimum atomic E-state index is -0.698. The van der Waals surface area contributed by atoms with Crippen molar-refractivity contribution in [1.29, 1.82) is 0 Å². The van der Waals surface area contributed by atoms with Crippen LogP contribution < -0.4 is 15.0 Å². The van der Waals surface area contributed by atoms with Crippen molar-refractivity contribution in [2.75, 3.05) is 23.4 Å². The molecule has 0 unspecified atom stereocenters. The van der Waals surface area contributed by atoms with E-state index in [-0.39, 0.29) is 30.4 Å². The van der Waals surface area contributed by atoms with Crippen molar-refractivity contribution >= 4 is 40.5 Å². The number of para-hydroxylation sites is 2. The number of nitrogens with one attached hydrogen (secondary N) is 1. The van der Waals surface area contributed by atoms with Crippen LogP contribution in [0, 0.1) is 23.6 Å². The highest BCUT2D eigenvalue weighted by Gasteiger charge is 2.57. The third kappa shape index (κ3) is 7.08. The third-order valence-corrected chi connectivity index (χ3v) is 10.3. The molecule has 9 heteroatoms. The summed E-state index contributed by atoms with van der Waals surface area (Å²) in [7, 11) is 0. The van der Waals surface area contributed by atoms with E-state index < -0.39 is 23.4 Å². The predicted octanol–water partition coefficient (Wildman–Crippen LogP) is 8.59. The summed E-state index contributed by atoms with van der Waals surface area (Å²) in [6, 6.07) is 36.7. The molecule has 1 aliphatic carbocycles. The first kappa shape index (κ1) is 34.0. The number of hydrogen-bond donors (Lipinski definition) is 2. The third-order valence-electron chi connectivity index (χ3n) is 10.3. The molecule has 2 N–H and O–H groups in total. The maximum Gasteiger partial charge on any atom is 0.238 e. The first-order valence-electron chi connectivity index (χ1n) is 17.8. The quantitative estimate of drug-likeness (QED) is 0.105. The second-order valence-electron chi connectivity index (χ2n) is 13.6. The number of imide groups is 1. The Labute approximate surface area is 307 Å². The average Bonchev–Trinajstić information content (AvgIpc) is 3.72. The number of fused-ring (bicyclic) bond motifs is 3. The van der Waals surface area contributed by atoms with Gasteiger partial charge in [-0.25, -0.2) is 4.39 Å². The molecule has 8 rings (SSSR count). The summed E-state index contributed by atoms with van der Waals surface area (Å²) < 4.78 is 27.1. The maximum atomic E-state index is 14.3. The van der Waals surface area contributed by atoms with Crippen LogP contribution in [-0.4, -0.2) is 41.2 Å². The molecule has 8 nitrogen and oxygen atoms in total. The number of aromatic hydroxyl groups is 1. The number of hydrogen-bond acceptors (Lipinski definition) is 7. The number of pyridine rings is 1. The lowest BCUT2D eigenvalue weighted by Crippen LogP contribution is -2.35. The first-order chi connectivity index (χ1) is 25.9. The van der Waals surface area contributed by atoms with Gasteiger partial charge >= 0.3 is 0 Å². The van der Waals surface area contributed by atoms with Gasteiger partial charge in [-0.05, 0) is 120 Å². The van der Waals surface area contributed by atoms with E-state index in [9.17, 15) is 19.1 Å². The Morgan fingerprint density at radius 2 is 1.62 bits per heavy atom. The Kier molecular flexibility index (Phi) is 9.57. The van der Waals surface area contributed by atoms with Crippen LogP contribution in [0.1, 0.15) is 30.5 Å². The number of carbonyl (C=O) groups excluding carboxylic acids is 2. The molecule has 4 aromatic carbocycles. The van der Waals surface area contributed by atoms with Crippen LogP contribution in [0.15, 0.2) is 139 Å². The van der Waals surface area contributed by atoms with Gasteiger partial charge < -0.3 is 19.9 Å². The minimum absolute atomic E-state index is 0.204. The topological polar surface area (TPSA) is 101 Å². The molecule has 0 saturated carbocycles. The molecule has 2 aliphatic heterocycles. The predicted molar refractivity (Wildman–Crippen MR) is 202 cm³/mol. The zero-order valence-electron chi connectivity index (χ0n) is 28.9. The second-order valence-corrected chi connectivity index (χ2v) is 13.6. The standard InChI is InChI=1S/C44H38FN3O5/c45-37-24-28(14-20-39(37)49)23-29(38-13-7-8-22-46-38)15-21-40-41-30(26-52-34-11-5-2-6-12-34)25-35-42(36(41)27-53-40)44(51)48(43(35)50)33-18-16-32(17-19-33)47-31-9-3-1-4-10-31/h1-14,16-20,22-24,35-36,40,42,47,49H,15,21,25-27H2/b29-23-/t35-,36+,40-,42-/m1/s1. The number of allylic oxidation sites excluding steroid dienone is 1. The number of carbonyl (C=O) groups is 2. The van der Waals surface area contributed by atoms with Gasteiger partial charge in [-0.1, -0.05) is 48.5 Å². The molecule has 266 valence electrons. The summed E-state index contributed by atoms with van der Waals surface area (Å²) in [5.74, 6) is -2.14. The molecule has 2 saturated heterocycles. The Morgan fingerprint density at radius 1 is 0.887 bits per heavy atom. The van der Waals surface area contributed by atoms with Gasteiger partial charge in [-0.15, -0.1) is 0 Å². The fourth-order valence-electron chi connectivity index (χ4n) is 7.86. The van der Waals surface area contributed by atoms with Gasteiger partial charge in [0.1, 0.15) is 12.4 Å². The van der Waals surface area contributed by atoms with E-state index in [2.05, 4.69) is 10.3 Å². The van der Waals surface area contributed by atoms with E-state index in [0.29, 0.717) is 37.1 Å². The van der Waals surface area contributed by atoms with Gasteiger partial charge in [0, 0.05) is 23.5 Å². The Hall–Kier alpha value is -6.06. The van der Waals surface area contributed by atoms with Crippen LogP contribution in [-0.2, 0) is 14.3 Å². The highest BCUT2D eigenvalue weighted by atomic mass is 19.1. The minimum Gasteiger partial charge on any atom is -0.505 e. The summed E-state index contributed by atoms with van der Waals surface area (Å²) in [5.41, 5.74) is 6.57. The zero-order valence-corrected chi connectivity index (χ0v) is 28.9. The highest BCUT2D eigenvalue weighted by Crippen LogP contribution is 2.51. The molecule has 5 aromatic rings. The highest BCUT2D eigenvalue weighted by molar-refractivity contribution is 6.22. The van der Waals surface area contributed by atoms with E-state index in [0.717, 1.165) is 39.5 Å². The van der Waals surface area contributed by atoms with Crippen molar-refractivity contribution in [3.05, 3.63) is 156 Å². The lowest BCUT2D eigenvalue weighted by atomic mass is 9.69. The van der Waals surface area contributed by atoms with E-state index in [4.69, 9.17) is 9.47 Å². The van der Waals surface area contributed by atoms with E-state index in [1.807, 2.05) is 109 Å². The summed E-state index contributed by atoms with van der Waals surface area (Å²) in [6.45, 7) is 0.588. The largest absolute Gasteiger partial charge is 0.505 e. The number of phenols is 1. The summed E-state index contributed by atoms with van der Waals surface area (Å²) >= 11 is 0. The molecule has 2 fully saturated rings. The smallest absolute Gasteiger partial charge is 0.238 e. The van der Waals surface area contributed by atoms with E-state index >= 15 is 0 Å². The second kappa shape index (κ2) is 14.9. The number of ether oxygens (including phenoxy) is 2.